The number of carboxylic acid groups (broad SMARTS) is 1. The smallest absolute Gasteiger partial charge is 0.453 e. The Labute approximate surface area is 252 Å². The van der Waals surface area contributed by atoms with Gasteiger partial charge >= 0.3 is 18.1 Å². The van der Waals surface area contributed by atoms with Crippen molar-refractivity contribution in [3.63, 3.8) is 0 Å². The summed E-state index contributed by atoms with van der Waals surface area (Å²) in [5.41, 5.74) is 2.65. The van der Waals surface area contributed by atoms with Crippen LogP contribution in [0.4, 0.5) is 22.0 Å². The van der Waals surface area contributed by atoms with Crippen molar-refractivity contribution in [3.05, 3.63) is 29.3 Å². The predicted octanol–water partition coefficient (Wildman–Crippen LogP) is 9.41. The Morgan fingerprint density at radius 3 is 2.28 bits per heavy atom. The van der Waals surface area contributed by atoms with Crippen LogP contribution in [0.15, 0.2) is 18.2 Å². The number of aliphatic hydroxyl groups is 1. The molecular weight excluding hydrogens is 567 g/mol. The van der Waals surface area contributed by atoms with E-state index in [1.165, 1.54) is 11.1 Å². The zero-order chi connectivity index (χ0) is 31.4. The molecule has 0 spiro atoms. The average molecular weight is 617 g/mol. The first-order valence-electron chi connectivity index (χ1n) is 16.4. The fourth-order valence-electron chi connectivity index (χ4n) is 8.91. The van der Waals surface area contributed by atoms with Crippen LogP contribution in [0.1, 0.15) is 127 Å². The summed E-state index contributed by atoms with van der Waals surface area (Å²) in [6.07, 6.45) is 5.37. The molecule has 7 atom stereocenters. The van der Waals surface area contributed by atoms with Gasteiger partial charge in [-0.1, -0.05) is 57.9 Å². The Morgan fingerprint density at radius 1 is 0.953 bits per heavy atom. The van der Waals surface area contributed by atoms with E-state index in [2.05, 4.69) is 13.0 Å². The van der Waals surface area contributed by atoms with Crippen LogP contribution in [-0.2, 0) is 11.2 Å². The molecule has 0 aliphatic heterocycles. The van der Waals surface area contributed by atoms with E-state index >= 15 is 0 Å². The minimum absolute atomic E-state index is 0.0206. The second-order valence-electron chi connectivity index (χ2n) is 14.0. The highest BCUT2D eigenvalue weighted by molar-refractivity contribution is 5.69. The van der Waals surface area contributed by atoms with Gasteiger partial charge in [-0.3, -0.25) is 4.79 Å². The highest BCUT2D eigenvalue weighted by Crippen LogP contribution is 2.63. The van der Waals surface area contributed by atoms with Crippen LogP contribution in [0.2, 0.25) is 0 Å². The van der Waals surface area contributed by atoms with Crippen molar-refractivity contribution in [1.82, 2.24) is 0 Å². The van der Waals surface area contributed by atoms with Gasteiger partial charge in [-0.15, -0.1) is 0 Å². The maximum absolute atomic E-state index is 13.1. The summed E-state index contributed by atoms with van der Waals surface area (Å²) in [5.74, 6) is -4.37. The summed E-state index contributed by atoms with van der Waals surface area (Å²) >= 11 is 0. The minimum atomic E-state index is -5.60. The van der Waals surface area contributed by atoms with Crippen LogP contribution in [0.5, 0.6) is 5.75 Å². The molecule has 244 valence electrons. The number of alkyl halides is 5. The maximum Gasteiger partial charge on any atom is 0.453 e. The van der Waals surface area contributed by atoms with Crippen molar-refractivity contribution in [2.24, 2.45) is 29.1 Å². The van der Waals surface area contributed by atoms with Gasteiger partial charge in [0.2, 0.25) is 0 Å². The molecule has 0 saturated heterocycles. The third-order valence-electron chi connectivity index (χ3n) is 11.2. The predicted molar refractivity (Wildman–Crippen MR) is 155 cm³/mol. The lowest BCUT2D eigenvalue weighted by Crippen LogP contribution is -2.47. The van der Waals surface area contributed by atoms with Crippen LogP contribution >= 0.6 is 0 Å². The second-order valence-corrected chi connectivity index (χ2v) is 14.0. The van der Waals surface area contributed by atoms with Gasteiger partial charge in [-0.2, -0.15) is 22.0 Å². The lowest BCUT2D eigenvalue weighted by atomic mass is 9.51. The van der Waals surface area contributed by atoms with Crippen molar-refractivity contribution in [1.29, 1.82) is 0 Å². The standard InChI is InChI=1S/C34H49F5O4/c1-32-21-24(30-26-16-14-25(40)20-23(26)13-15-27(30)28(32)17-18-29(32)41)11-8-6-4-2-3-5-7-10-22(31(42)43)12-9-19-33(35,36)34(37,38)39/h14,16,20,22,24,27-30,40-41H,2-13,15,17-19,21H2,1H3,(H,42,43)/t22?,24-,27?,28?,29-,30?,32-/m0/s1. The third kappa shape index (κ3) is 7.85. The number of phenols is 1. The molecule has 3 aliphatic rings. The maximum atomic E-state index is 13.1. The SMILES string of the molecule is C[C@]12C[C@H](CCCCCCCCCC(CCCC(F)(F)C(F)(F)F)C(=O)O)C3c4ccc(O)cc4CCC3C1CC[C@@H]2O. The zero-order valence-electron chi connectivity index (χ0n) is 25.4. The van der Waals surface area contributed by atoms with E-state index in [0.29, 0.717) is 42.3 Å². The Morgan fingerprint density at radius 2 is 1.60 bits per heavy atom. The van der Waals surface area contributed by atoms with Crippen molar-refractivity contribution < 1.29 is 42.1 Å². The fraction of sp³-hybridized carbons (Fsp3) is 0.794. The first-order valence-corrected chi connectivity index (χ1v) is 16.4. The van der Waals surface area contributed by atoms with Gasteiger partial charge in [-0.05, 0) is 110 Å². The van der Waals surface area contributed by atoms with E-state index in [1.807, 2.05) is 12.1 Å². The highest BCUT2D eigenvalue weighted by atomic mass is 19.4. The third-order valence-corrected chi connectivity index (χ3v) is 11.2. The van der Waals surface area contributed by atoms with Gasteiger partial charge < -0.3 is 15.3 Å². The number of benzene rings is 1. The number of unbranched alkanes of at least 4 members (excludes halogenated alkanes) is 6. The molecule has 3 aliphatic carbocycles. The lowest BCUT2D eigenvalue weighted by molar-refractivity contribution is -0.284. The fourth-order valence-corrected chi connectivity index (χ4v) is 8.91. The molecule has 1 aromatic carbocycles. The molecule has 2 fully saturated rings. The number of hydrogen-bond donors (Lipinski definition) is 3. The first kappa shape index (κ1) is 34.0. The van der Waals surface area contributed by atoms with Crippen LogP contribution in [0.3, 0.4) is 0 Å². The summed E-state index contributed by atoms with van der Waals surface area (Å²) in [7, 11) is 0. The van der Waals surface area contributed by atoms with Gasteiger partial charge in [0.25, 0.3) is 0 Å². The van der Waals surface area contributed by atoms with Crippen LogP contribution in [0.25, 0.3) is 0 Å². The van der Waals surface area contributed by atoms with E-state index in [0.717, 1.165) is 77.0 Å². The molecule has 4 unspecified atom stereocenters. The quantitative estimate of drug-likeness (QED) is 0.136. The summed E-state index contributed by atoms with van der Waals surface area (Å²) < 4.78 is 63.2. The van der Waals surface area contributed by atoms with Gasteiger partial charge in [0.1, 0.15) is 5.75 Å². The van der Waals surface area contributed by atoms with E-state index in [9.17, 15) is 42.1 Å². The van der Waals surface area contributed by atoms with Crippen molar-refractivity contribution in [2.75, 3.05) is 0 Å². The summed E-state index contributed by atoms with van der Waals surface area (Å²) in [4.78, 5) is 11.5. The van der Waals surface area contributed by atoms with E-state index in [1.54, 1.807) is 0 Å². The number of phenolic OH excluding ortho intramolecular Hbond substituents is 1. The molecule has 0 radical (unpaired) electrons. The van der Waals surface area contributed by atoms with E-state index in [4.69, 9.17) is 0 Å². The topological polar surface area (TPSA) is 77.8 Å². The number of aliphatic carboxylic acids is 1. The lowest BCUT2D eigenvalue weighted by Gasteiger charge is -2.54. The molecule has 9 heteroatoms. The second kappa shape index (κ2) is 14.0. The number of aliphatic hydroxyl groups excluding tert-OH is 1. The monoisotopic (exact) mass is 616 g/mol. The van der Waals surface area contributed by atoms with Crippen molar-refractivity contribution in [3.8, 4) is 5.75 Å². The number of aromatic hydroxyl groups is 1. The van der Waals surface area contributed by atoms with Crippen molar-refractivity contribution in [2.45, 2.75) is 140 Å². The molecule has 3 N–H and O–H groups in total. The first-order chi connectivity index (χ1) is 20.2. The minimum Gasteiger partial charge on any atom is -0.508 e. The molecule has 4 rings (SSSR count). The molecule has 0 heterocycles. The Hall–Kier alpha value is -1.90. The zero-order valence-corrected chi connectivity index (χ0v) is 25.4. The Balaban J connectivity index is 1.18. The summed E-state index contributed by atoms with van der Waals surface area (Å²) in [5, 5.41) is 30.4. The largest absolute Gasteiger partial charge is 0.508 e. The summed E-state index contributed by atoms with van der Waals surface area (Å²) in [6.45, 7) is 2.30. The van der Waals surface area contributed by atoms with Gasteiger partial charge in [0.15, 0.2) is 0 Å². The normalized spacial score (nSPS) is 29.5. The molecule has 0 aromatic heterocycles. The molecule has 2 saturated carbocycles. The van der Waals surface area contributed by atoms with Gasteiger partial charge in [-0.25, -0.2) is 0 Å². The number of rotatable bonds is 15. The number of aryl methyl sites for hydroxylation is 1. The molecule has 4 nitrogen and oxygen atoms in total. The highest BCUT2D eigenvalue weighted by Gasteiger charge is 2.58. The molecule has 43 heavy (non-hydrogen) atoms. The Kier molecular flexibility index (Phi) is 11.1. The average Bonchev–Trinajstić information content (AvgIpc) is 3.23. The van der Waals surface area contributed by atoms with Crippen LogP contribution in [0, 0.1) is 29.1 Å². The Bertz CT molecular complexity index is 1080. The van der Waals surface area contributed by atoms with Crippen LogP contribution < -0.4 is 0 Å². The van der Waals surface area contributed by atoms with Gasteiger partial charge in [0, 0.05) is 6.42 Å². The summed E-state index contributed by atoms with van der Waals surface area (Å²) in [6, 6.07) is 5.89. The number of fused-ring (bicyclic) bond motifs is 5. The number of halogens is 5. The van der Waals surface area contributed by atoms with Crippen molar-refractivity contribution >= 4 is 5.97 Å². The molecule has 0 amide bonds. The number of hydrogen-bond acceptors (Lipinski definition) is 3. The number of carboxylic acids is 1. The molecule has 0 bridgehead atoms. The van der Waals surface area contributed by atoms with E-state index < -0.39 is 36.8 Å². The van der Waals surface area contributed by atoms with Gasteiger partial charge in [0.05, 0.1) is 12.0 Å². The molecular formula is C34H49F5O4. The number of carbonyl (C=O) groups is 1. The van der Waals surface area contributed by atoms with E-state index in [-0.39, 0.29) is 17.9 Å². The van der Waals surface area contributed by atoms with Crippen LogP contribution in [-0.4, -0.2) is 39.5 Å². The molecule has 1 aromatic rings.